The zero-order valence-corrected chi connectivity index (χ0v) is 11.5. The van der Waals surface area contributed by atoms with Crippen LogP contribution < -0.4 is 5.32 Å². The molecule has 1 unspecified atom stereocenters. The van der Waals surface area contributed by atoms with Crippen LogP contribution in [0.1, 0.15) is 18.4 Å². The molecule has 3 aliphatic rings. The van der Waals surface area contributed by atoms with Gasteiger partial charge in [-0.2, -0.15) is 0 Å². The van der Waals surface area contributed by atoms with Gasteiger partial charge in [0.2, 0.25) is 0 Å². The molecule has 3 fully saturated rings. The highest BCUT2D eigenvalue weighted by Crippen LogP contribution is 2.38. The van der Waals surface area contributed by atoms with Gasteiger partial charge in [0.15, 0.2) is 5.54 Å². The van der Waals surface area contributed by atoms with Crippen molar-refractivity contribution in [2.75, 3.05) is 25.0 Å². The highest BCUT2D eigenvalue weighted by Gasteiger charge is 2.52. The summed E-state index contributed by atoms with van der Waals surface area (Å²) in [5.74, 6) is -1.07. The molecule has 1 atom stereocenters. The molecule has 3 aliphatic heterocycles. The van der Waals surface area contributed by atoms with E-state index in [1.165, 1.54) is 12.1 Å². The second-order valence-electron chi connectivity index (χ2n) is 5.97. The lowest BCUT2D eigenvalue weighted by molar-refractivity contribution is -0.149. The van der Waals surface area contributed by atoms with Crippen molar-refractivity contribution in [1.29, 1.82) is 0 Å². The minimum absolute atomic E-state index is 0.105. The van der Waals surface area contributed by atoms with Crippen LogP contribution in [-0.4, -0.2) is 41.1 Å². The lowest BCUT2D eigenvalue weighted by Gasteiger charge is -2.51. The summed E-state index contributed by atoms with van der Waals surface area (Å²) in [5.41, 5.74) is 0.351. The van der Waals surface area contributed by atoms with Crippen molar-refractivity contribution in [2.45, 2.75) is 25.3 Å². The zero-order chi connectivity index (χ0) is 14.3. The first-order valence-corrected chi connectivity index (χ1v) is 7.01. The van der Waals surface area contributed by atoms with E-state index >= 15 is 0 Å². The number of fused-ring (bicyclic) bond motifs is 3. The minimum Gasteiger partial charge on any atom is -0.479 e. The van der Waals surface area contributed by atoms with Gasteiger partial charge < -0.3 is 15.3 Å². The Balaban J connectivity index is 1.94. The third-order valence-electron chi connectivity index (χ3n) is 4.55. The summed E-state index contributed by atoms with van der Waals surface area (Å²) in [6.45, 7) is 4.22. The first-order chi connectivity index (χ1) is 9.49. The van der Waals surface area contributed by atoms with E-state index in [0.29, 0.717) is 12.2 Å². The quantitative estimate of drug-likeness (QED) is 0.889. The van der Waals surface area contributed by atoms with Crippen molar-refractivity contribution in [2.24, 2.45) is 5.92 Å². The Morgan fingerprint density at radius 2 is 2.10 bits per heavy atom. The van der Waals surface area contributed by atoms with Gasteiger partial charge in [-0.25, -0.2) is 9.18 Å². The number of anilines is 1. The van der Waals surface area contributed by atoms with E-state index in [1.54, 1.807) is 13.0 Å². The molecule has 5 heteroatoms. The molecular formula is C15H19FN2O2. The van der Waals surface area contributed by atoms with Crippen molar-refractivity contribution < 1.29 is 14.3 Å². The number of carbonyl (C=O) groups is 1. The van der Waals surface area contributed by atoms with Crippen molar-refractivity contribution in [3.63, 3.8) is 0 Å². The lowest BCUT2D eigenvalue weighted by Crippen LogP contribution is -2.66. The van der Waals surface area contributed by atoms with E-state index in [-0.39, 0.29) is 11.7 Å². The SMILES string of the molecule is Cc1cc(F)cc(NC2(C(=O)O)CN3CCC2CC3)c1. The number of hydrogen-bond donors (Lipinski definition) is 2. The number of piperidine rings is 3. The Labute approximate surface area is 117 Å². The predicted octanol–water partition coefficient (Wildman–Crippen LogP) is 2.10. The van der Waals surface area contributed by atoms with E-state index < -0.39 is 11.5 Å². The molecule has 108 valence electrons. The fourth-order valence-corrected chi connectivity index (χ4v) is 3.57. The van der Waals surface area contributed by atoms with E-state index in [4.69, 9.17) is 0 Å². The molecule has 2 bridgehead atoms. The Morgan fingerprint density at radius 3 is 2.60 bits per heavy atom. The molecule has 0 spiro atoms. The van der Waals surface area contributed by atoms with Crippen molar-refractivity contribution in [3.05, 3.63) is 29.6 Å². The molecule has 4 nitrogen and oxygen atoms in total. The van der Waals surface area contributed by atoms with Crippen LogP contribution >= 0.6 is 0 Å². The number of nitrogens with zero attached hydrogens (tertiary/aromatic N) is 1. The number of aliphatic carboxylic acids is 1. The van der Waals surface area contributed by atoms with Crippen molar-refractivity contribution >= 4 is 11.7 Å². The van der Waals surface area contributed by atoms with Gasteiger partial charge in [-0.3, -0.25) is 0 Å². The highest BCUT2D eigenvalue weighted by atomic mass is 19.1. The predicted molar refractivity (Wildman–Crippen MR) is 74.3 cm³/mol. The second-order valence-corrected chi connectivity index (χ2v) is 5.97. The monoisotopic (exact) mass is 278 g/mol. The summed E-state index contributed by atoms with van der Waals surface area (Å²) in [4.78, 5) is 14.0. The number of carboxylic acids is 1. The Kier molecular flexibility index (Phi) is 3.17. The normalized spacial score (nSPS) is 32.1. The van der Waals surface area contributed by atoms with Crippen LogP contribution in [0.2, 0.25) is 0 Å². The average molecular weight is 278 g/mol. The molecule has 20 heavy (non-hydrogen) atoms. The first-order valence-electron chi connectivity index (χ1n) is 7.01. The van der Waals surface area contributed by atoms with Gasteiger partial charge in [0.05, 0.1) is 0 Å². The van der Waals surface area contributed by atoms with Crippen LogP contribution in [0, 0.1) is 18.7 Å². The number of hydrogen-bond acceptors (Lipinski definition) is 3. The molecule has 3 heterocycles. The average Bonchev–Trinajstić information content (AvgIpc) is 2.38. The summed E-state index contributed by atoms with van der Waals surface area (Å²) in [7, 11) is 0. The van der Waals surface area contributed by atoms with Gasteiger partial charge in [0, 0.05) is 12.2 Å². The Bertz CT molecular complexity index is 520. The van der Waals surface area contributed by atoms with Crippen LogP contribution in [0.25, 0.3) is 0 Å². The topological polar surface area (TPSA) is 52.6 Å². The second kappa shape index (κ2) is 4.74. The molecule has 0 aliphatic carbocycles. The third kappa shape index (κ3) is 2.16. The first kappa shape index (κ1) is 13.4. The van der Waals surface area contributed by atoms with Crippen molar-refractivity contribution in [1.82, 2.24) is 4.90 Å². The number of nitrogens with one attached hydrogen (secondary N) is 1. The molecular weight excluding hydrogens is 259 g/mol. The van der Waals surface area contributed by atoms with Crippen LogP contribution in [0.3, 0.4) is 0 Å². The fourth-order valence-electron chi connectivity index (χ4n) is 3.57. The van der Waals surface area contributed by atoms with Gasteiger partial charge in [0.1, 0.15) is 5.82 Å². The molecule has 0 aromatic heterocycles. The minimum atomic E-state index is -0.989. The van der Waals surface area contributed by atoms with Crippen molar-refractivity contribution in [3.8, 4) is 0 Å². The molecule has 0 amide bonds. The number of rotatable bonds is 3. The number of halogens is 1. The van der Waals surface area contributed by atoms with Gasteiger partial charge in [-0.15, -0.1) is 0 Å². The smallest absolute Gasteiger partial charge is 0.330 e. The molecule has 4 rings (SSSR count). The molecule has 0 saturated carbocycles. The number of benzene rings is 1. The van der Waals surface area contributed by atoms with Crippen LogP contribution in [0.5, 0.6) is 0 Å². The van der Waals surface area contributed by atoms with Crippen LogP contribution in [0.4, 0.5) is 10.1 Å². The highest BCUT2D eigenvalue weighted by molar-refractivity contribution is 5.84. The van der Waals surface area contributed by atoms with E-state index in [2.05, 4.69) is 10.2 Å². The van der Waals surface area contributed by atoms with Gasteiger partial charge in [-0.05, 0) is 62.5 Å². The maximum atomic E-state index is 13.5. The fraction of sp³-hybridized carbons (Fsp3) is 0.533. The maximum Gasteiger partial charge on any atom is 0.330 e. The summed E-state index contributed by atoms with van der Waals surface area (Å²) in [6, 6.07) is 4.61. The summed E-state index contributed by atoms with van der Waals surface area (Å²) in [5, 5.41) is 12.9. The number of carboxylic acid groups (broad SMARTS) is 1. The molecule has 1 aromatic rings. The molecule has 0 radical (unpaired) electrons. The molecule has 3 saturated heterocycles. The van der Waals surface area contributed by atoms with Crippen LogP contribution in [-0.2, 0) is 4.79 Å². The van der Waals surface area contributed by atoms with Gasteiger partial charge in [0.25, 0.3) is 0 Å². The lowest BCUT2D eigenvalue weighted by atomic mass is 9.72. The third-order valence-corrected chi connectivity index (χ3v) is 4.55. The molecule has 2 N–H and O–H groups in total. The molecule has 1 aromatic carbocycles. The van der Waals surface area contributed by atoms with Crippen LogP contribution in [0.15, 0.2) is 18.2 Å². The van der Waals surface area contributed by atoms with Gasteiger partial charge in [-0.1, -0.05) is 0 Å². The Morgan fingerprint density at radius 1 is 1.40 bits per heavy atom. The van der Waals surface area contributed by atoms with E-state index in [9.17, 15) is 14.3 Å². The summed E-state index contributed by atoms with van der Waals surface area (Å²) in [6.07, 6.45) is 1.77. The summed E-state index contributed by atoms with van der Waals surface area (Å²) >= 11 is 0. The van der Waals surface area contributed by atoms with Gasteiger partial charge >= 0.3 is 5.97 Å². The maximum absolute atomic E-state index is 13.5. The number of aryl methyl sites for hydroxylation is 1. The van der Waals surface area contributed by atoms with E-state index in [1.807, 2.05) is 0 Å². The Hall–Kier alpha value is -1.62. The zero-order valence-electron chi connectivity index (χ0n) is 11.5. The largest absolute Gasteiger partial charge is 0.479 e. The standard InChI is InChI=1S/C15H19FN2O2/c1-10-6-12(16)8-13(7-10)17-15(14(19)20)9-18-4-2-11(15)3-5-18/h6-8,11,17H,2-5,9H2,1H3,(H,19,20). The summed E-state index contributed by atoms with van der Waals surface area (Å²) < 4.78 is 13.5. The van der Waals surface area contributed by atoms with E-state index in [0.717, 1.165) is 31.5 Å².